The number of aromatic carboxylic acids is 1. The molecule has 20 heavy (non-hydrogen) atoms. The van der Waals surface area contributed by atoms with Crippen molar-refractivity contribution in [3.8, 4) is 0 Å². The first-order chi connectivity index (χ1) is 9.50. The minimum Gasteiger partial charge on any atom is -0.478 e. The van der Waals surface area contributed by atoms with Crippen molar-refractivity contribution in [3.05, 3.63) is 57.9 Å². The number of benzene rings is 1. The lowest BCUT2D eigenvalue weighted by Crippen LogP contribution is -2.06. The van der Waals surface area contributed by atoms with Gasteiger partial charge in [0.25, 0.3) is 5.69 Å². The van der Waals surface area contributed by atoms with Crippen molar-refractivity contribution in [1.29, 1.82) is 0 Å². The van der Waals surface area contributed by atoms with E-state index < -0.39 is 10.9 Å². The number of carboxylic acids is 1. The fraction of sp³-hybridized carbons (Fsp3) is 0.0769. The number of pyridine rings is 1. The zero-order valence-corrected chi connectivity index (χ0v) is 10.5. The highest BCUT2D eigenvalue weighted by molar-refractivity contribution is 5.98. The highest BCUT2D eigenvalue weighted by Gasteiger charge is 2.21. The Hall–Kier alpha value is -2.96. The summed E-state index contributed by atoms with van der Waals surface area (Å²) in [4.78, 5) is 25.6. The van der Waals surface area contributed by atoms with Gasteiger partial charge in [-0.05, 0) is 25.1 Å². The van der Waals surface area contributed by atoms with Crippen LogP contribution in [-0.2, 0) is 0 Å². The third-order valence-electron chi connectivity index (χ3n) is 2.74. The molecular weight excluding hydrogens is 262 g/mol. The van der Waals surface area contributed by atoms with Crippen molar-refractivity contribution in [2.24, 2.45) is 0 Å². The molecular formula is C13H11N3O4. The van der Waals surface area contributed by atoms with Crippen LogP contribution in [0.5, 0.6) is 0 Å². The maximum Gasteiger partial charge on any atom is 0.338 e. The van der Waals surface area contributed by atoms with Gasteiger partial charge in [-0.1, -0.05) is 6.07 Å². The van der Waals surface area contributed by atoms with Gasteiger partial charge in [-0.3, -0.25) is 15.1 Å². The maximum atomic E-state index is 11.2. The van der Waals surface area contributed by atoms with E-state index in [-0.39, 0.29) is 16.9 Å². The standard InChI is InChI=1S/C13H11N3O4/c1-8-10(5-3-7-14-8)15-12-9(13(17)18)4-2-6-11(12)16(19)20/h2-7,15H,1H3,(H,17,18). The lowest BCUT2D eigenvalue weighted by atomic mass is 10.1. The number of para-hydroxylation sites is 1. The molecule has 0 aliphatic carbocycles. The van der Waals surface area contributed by atoms with E-state index in [1.807, 2.05) is 0 Å². The highest BCUT2D eigenvalue weighted by atomic mass is 16.6. The molecule has 0 spiro atoms. The first-order valence-corrected chi connectivity index (χ1v) is 5.70. The van der Waals surface area contributed by atoms with E-state index in [1.165, 1.54) is 18.2 Å². The van der Waals surface area contributed by atoms with Crippen LogP contribution < -0.4 is 5.32 Å². The molecule has 0 aliphatic rings. The van der Waals surface area contributed by atoms with Gasteiger partial charge >= 0.3 is 5.97 Å². The van der Waals surface area contributed by atoms with Crippen LogP contribution >= 0.6 is 0 Å². The quantitative estimate of drug-likeness (QED) is 0.655. The summed E-state index contributed by atoms with van der Waals surface area (Å²) in [7, 11) is 0. The van der Waals surface area contributed by atoms with E-state index in [2.05, 4.69) is 10.3 Å². The molecule has 7 heteroatoms. The Bertz CT molecular complexity index is 653. The molecule has 2 N–H and O–H groups in total. The number of nitrogens with zero attached hydrogens (tertiary/aromatic N) is 2. The van der Waals surface area contributed by atoms with Gasteiger partial charge < -0.3 is 10.4 Å². The van der Waals surface area contributed by atoms with Crippen molar-refractivity contribution >= 4 is 23.0 Å². The van der Waals surface area contributed by atoms with Crippen LogP contribution in [0.15, 0.2) is 36.5 Å². The fourth-order valence-corrected chi connectivity index (χ4v) is 1.75. The second-order valence-electron chi connectivity index (χ2n) is 4.02. The van der Waals surface area contributed by atoms with Crippen molar-refractivity contribution in [3.63, 3.8) is 0 Å². The Kier molecular flexibility index (Phi) is 3.60. The minimum absolute atomic E-state index is 0.0545. The number of hydrogen-bond donors (Lipinski definition) is 2. The number of aromatic nitrogens is 1. The summed E-state index contributed by atoms with van der Waals surface area (Å²) < 4.78 is 0. The Morgan fingerprint density at radius 1 is 1.35 bits per heavy atom. The summed E-state index contributed by atoms with van der Waals surface area (Å²) in [5, 5.41) is 23.0. The molecule has 0 unspecified atom stereocenters. The topological polar surface area (TPSA) is 105 Å². The lowest BCUT2D eigenvalue weighted by molar-refractivity contribution is -0.383. The van der Waals surface area contributed by atoms with E-state index in [9.17, 15) is 14.9 Å². The number of nitro groups is 1. The Morgan fingerprint density at radius 3 is 2.70 bits per heavy atom. The number of carbonyl (C=O) groups is 1. The van der Waals surface area contributed by atoms with E-state index >= 15 is 0 Å². The van der Waals surface area contributed by atoms with E-state index in [0.717, 1.165) is 0 Å². The molecule has 0 bridgehead atoms. The van der Waals surface area contributed by atoms with Crippen molar-refractivity contribution in [1.82, 2.24) is 4.98 Å². The van der Waals surface area contributed by atoms with Crippen LogP contribution in [0.2, 0.25) is 0 Å². The number of carboxylic acid groups (broad SMARTS) is 1. The third kappa shape index (κ3) is 2.56. The molecule has 0 saturated carbocycles. The third-order valence-corrected chi connectivity index (χ3v) is 2.74. The lowest BCUT2D eigenvalue weighted by Gasteiger charge is -2.11. The molecule has 2 rings (SSSR count). The molecule has 1 aromatic heterocycles. The predicted octanol–water partition coefficient (Wildman–Crippen LogP) is 2.74. The van der Waals surface area contributed by atoms with E-state index in [1.54, 1.807) is 25.3 Å². The molecule has 0 atom stereocenters. The molecule has 0 fully saturated rings. The molecule has 0 amide bonds. The number of aryl methyl sites for hydroxylation is 1. The van der Waals surface area contributed by atoms with Crippen LogP contribution in [0.3, 0.4) is 0 Å². The molecule has 0 radical (unpaired) electrons. The summed E-state index contributed by atoms with van der Waals surface area (Å²) in [6.07, 6.45) is 1.58. The molecule has 1 heterocycles. The number of rotatable bonds is 4. The molecule has 7 nitrogen and oxygen atoms in total. The van der Waals surface area contributed by atoms with Crippen LogP contribution in [-0.4, -0.2) is 21.0 Å². The summed E-state index contributed by atoms with van der Waals surface area (Å²) in [5.74, 6) is -1.24. The van der Waals surface area contributed by atoms with Crippen LogP contribution in [0, 0.1) is 17.0 Å². The summed E-state index contributed by atoms with van der Waals surface area (Å²) in [6, 6.07) is 7.22. The zero-order valence-electron chi connectivity index (χ0n) is 10.5. The predicted molar refractivity (Wildman–Crippen MR) is 72.3 cm³/mol. The summed E-state index contributed by atoms with van der Waals surface area (Å²) >= 11 is 0. The zero-order chi connectivity index (χ0) is 14.7. The molecule has 102 valence electrons. The van der Waals surface area contributed by atoms with Crippen LogP contribution in [0.25, 0.3) is 0 Å². The van der Waals surface area contributed by atoms with Gasteiger partial charge in [0, 0.05) is 12.3 Å². The Balaban J connectivity index is 2.57. The van der Waals surface area contributed by atoms with Crippen molar-refractivity contribution in [2.75, 3.05) is 5.32 Å². The van der Waals surface area contributed by atoms with Crippen molar-refractivity contribution in [2.45, 2.75) is 6.92 Å². The molecule has 1 aromatic carbocycles. The first-order valence-electron chi connectivity index (χ1n) is 5.70. The minimum atomic E-state index is -1.24. The van der Waals surface area contributed by atoms with E-state index in [4.69, 9.17) is 5.11 Å². The molecule has 0 aliphatic heterocycles. The first kappa shape index (κ1) is 13.5. The second-order valence-corrected chi connectivity index (χ2v) is 4.02. The van der Waals surface area contributed by atoms with Crippen LogP contribution in [0.1, 0.15) is 16.1 Å². The van der Waals surface area contributed by atoms with Gasteiger partial charge in [0.15, 0.2) is 0 Å². The van der Waals surface area contributed by atoms with Gasteiger partial charge in [-0.25, -0.2) is 4.79 Å². The SMILES string of the molecule is Cc1ncccc1Nc1c(C(=O)O)cccc1[N+](=O)[O-]. The molecule has 0 saturated heterocycles. The average molecular weight is 273 g/mol. The Labute approximate surface area is 114 Å². The monoisotopic (exact) mass is 273 g/mol. The van der Waals surface area contributed by atoms with E-state index in [0.29, 0.717) is 11.4 Å². The Morgan fingerprint density at radius 2 is 2.10 bits per heavy atom. The average Bonchev–Trinajstić information content (AvgIpc) is 2.41. The number of hydrogen-bond acceptors (Lipinski definition) is 5. The largest absolute Gasteiger partial charge is 0.478 e. The highest BCUT2D eigenvalue weighted by Crippen LogP contribution is 2.31. The normalized spacial score (nSPS) is 10.1. The maximum absolute atomic E-state index is 11.2. The van der Waals surface area contributed by atoms with Gasteiger partial charge in [-0.15, -0.1) is 0 Å². The summed E-state index contributed by atoms with van der Waals surface area (Å²) in [5.41, 5.74) is 0.614. The summed E-state index contributed by atoms with van der Waals surface area (Å²) in [6.45, 7) is 1.72. The van der Waals surface area contributed by atoms with Crippen LogP contribution in [0.4, 0.5) is 17.1 Å². The van der Waals surface area contributed by atoms with Gasteiger partial charge in [-0.2, -0.15) is 0 Å². The smallest absolute Gasteiger partial charge is 0.338 e. The van der Waals surface area contributed by atoms with Gasteiger partial charge in [0.2, 0.25) is 0 Å². The van der Waals surface area contributed by atoms with Gasteiger partial charge in [0.1, 0.15) is 5.69 Å². The number of anilines is 2. The second kappa shape index (κ2) is 5.35. The fourth-order valence-electron chi connectivity index (χ4n) is 1.75. The number of nitro benzene ring substituents is 1. The van der Waals surface area contributed by atoms with Crippen molar-refractivity contribution < 1.29 is 14.8 Å². The van der Waals surface area contributed by atoms with Gasteiger partial charge in [0.05, 0.1) is 21.9 Å². The molecule has 2 aromatic rings. The number of nitrogens with one attached hydrogen (secondary N) is 1.